The quantitative estimate of drug-likeness (QED) is 0.595. The SMILES string of the molecule is Cc1cn(C)c(C(=O)[C]=O)c1-c1ccccc1. The fourth-order valence-electron chi connectivity index (χ4n) is 2.07. The predicted octanol–water partition coefficient (Wildman–Crippen LogP) is 2.29. The van der Waals surface area contributed by atoms with Crippen molar-refractivity contribution in [3.05, 3.63) is 47.8 Å². The lowest BCUT2D eigenvalue weighted by atomic mass is 10.0. The van der Waals surface area contributed by atoms with E-state index >= 15 is 0 Å². The molecule has 0 atom stereocenters. The Balaban J connectivity index is 2.69. The van der Waals surface area contributed by atoms with E-state index in [2.05, 4.69) is 0 Å². The van der Waals surface area contributed by atoms with Crippen molar-refractivity contribution in [2.45, 2.75) is 6.92 Å². The molecule has 0 saturated carbocycles. The molecule has 1 aromatic heterocycles. The van der Waals surface area contributed by atoms with Crippen molar-refractivity contribution < 1.29 is 9.59 Å². The normalized spacial score (nSPS) is 10.2. The molecule has 0 aliphatic rings. The molecule has 0 spiro atoms. The van der Waals surface area contributed by atoms with E-state index in [9.17, 15) is 9.59 Å². The standard InChI is InChI=1S/C14H12NO2/c1-10-8-15(2)14(12(17)9-16)13(10)11-6-4-3-5-7-11/h3-8H,1-2H3. The number of aryl methyl sites for hydroxylation is 2. The maximum Gasteiger partial charge on any atom is 0.279 e. The number of aromatic nitrogens is 1. The molecule has 0 aliphatic carbocycles. The van der Waals surface area contributed by atoms with Crippen LogP contribution in [0.2, 0.25) is 0 Å². The van der Waals surface area contributed by atoms with Gasteiger partial charge in [0.2, 0.25) is 0 Å². The Bertz CT molecular complexity index is 567. The van der Waals surface area contributed by atoms with Gasteiger partial charge in [0, 0.05) is 18.8 Å². The van der Waals surface area contributed by atoms with E-state index in [-0.39, 0.29) is 0 Å². The van der Waals surface area contributed by atoms with Crippen molar-refractivity contribution in [2.75, 3.05) is 0 Å². The first-order valence-corrected chi connectivity index (χ1v) is 5.29. The van der Waals surface area contributed by atoms with Crippen LogP contribution < -0.4 is 0 Å². The van der Waals surface area contributed by atoms with E-state index in [1.807, 2.05) is 43.5 Å². The molecule has 0 saturated heterocycles. The molecule has 17 heavy (non-hydrogen) atoms. The number of Topliss-reactive ketones (excluding diaryl/α,β-unsaturated/α-hetero) is 1. The van der Waals surface area contributed by atoms with Crippen molar-refractivity contribution in [1.82, 2.24) is 4.57 Å². The molecule has 2 aromatic rings. The van der Waals surface area contributed by atoms with Crippen LogP contribution in [0.4, 0.5) is 0 Å². The van der Waals surface area contributed by atoms with Crippen molar-refractivity contribution in [1.29, 1.82) is 0 Å². The van der Waals surface area contributed by atoms with Crippen molar-refractivity contribution in [3.8, 4) is 11.1 Å². The first-order valence-electron chi connectivity index (χ1n) is 5.29. The molecule has 0 bridgehead atoms. The Hall–Kier alpha value is -2.16. The van der Waals surface area contributed by atoms with Crippen LogP contribution in [0.5, 0.6) is 0 Å². The van der Waals surface area contributed by atoms with Gasteiger partial charge in [0.25, 0.3) is 12.1 Å². The lowest BCUT2D eigenvalue weighted by Crippen LogP contribution is -2.07. The number of hydrogen-bond donors (Lipinski definition) is 0. The van der Waals surface area contributed by atoms with Gasteiger partial charge in [-0.05, 0) is 18.1 Å². The molecule has 85 valence electrons. The molecule has 0 N–H and O–H groups in total. The number of benzene rings is 1. The summed E-state index contributed by atoms with van der Waals surface area (Å²) >= 11 is 0. The molecule has 3 nitrogen and oxygen atoms in total. The number of hydrogen-bond acceptors (Lipinski definition) is 2. The van der Waals surface area contributed by atoms with Gasteiger partial charge in [-0.2, -0.15) is 0 Å². The van der Waals surface area contributed by atoms with Crippen molar-refractivity contribution in [3.63, 3.8) is 0 Å². The van der Waals surface area contributed by atoms with Gasteiger partial charge in [-0.1, -0.05) is 30.3 Å². The maximum absolute atomic E-state index is 11.6. The van der Waals surface area contributed by atoms with E-state index < -0.39 is 5.78 Å². The molecular formula is C14H12NO2. The van der Waals surface area contributed by atoms with Crippen LogP contribution in [0.15, 0.2) is 36.5 Å². The summed E-state index contributed by atoms with van der Waals surface area (Å²) in [6.45, 7) is 1.92. The second-order valence-electron chi connectivity index (χ2n) is 3.94. The highest BCUT2D eigenvalue weighted by molar-refractivity contribution is 6.34. The molecule has 0 unspecified atom stereocenters. The first-order chi connectivity index (χ1) is 8.15. The minimum absolute atomic E-state index is 0.392. The zero-order valence-corrected chi connectivity index (χ0v) is 9.73. The number of rotatable bonds is 3. The average molecular weight is 226 g/mol. The molecule has 0 amide bonds. The molecule has 0 aliphatic heterocycles. The fraction of sp³-hybridized carbons (Fsp3) is 0.143. The van der Waals surface area contributed by atoms with Gasteiger partial charge in [-0.25, -0.2) is 0 Å². The summed E-state index contributed by atoms with van der Waals surface area (Å²) in [5, 5.41) is 0. The van der Waals surface area contributed by atoms with Gasteiger partial charge in [-0.15, -0.1) is 0 Å². The maximum atomic E-state index is 11.6. The topological polar surface area (TPSA) is 39.1 Å². The second kappa shape index (κ2) is 4.37. The van der Waals surface area contributed by atoms with Gasteiger partial charge in [-0.3, -0.25) is 9.59 Å². The Morgan fingerprint density at radius 2 is 1.88 bits per heavy atom. The third kappa shape index (κ3) is 1.91. The highest BCUT2D eigenvalue weighted by Crippen LogP contribution is 2.28. The summed E-state index contributed by atoms with van der Waals surface area (Å²) in [5.74, 6) is -0.612. The van der Waals surface area contributed by atoms with Gasteiger partial charge in [0.15, 0.2) is 0 Å². The Morgan fingerprint density at radius 3 is 2.47 bits per heavy atom. The monoisotopic (exact) mass is 226 g/mol. The van der Waals surface area contributed by atoms with Crippen LogP contribution in [0.3, 0.4) is 0 Å². The zero-order valence-electron chi connectivity index (χ0n) is 9.73. The van der Waals surface area contributed by atoms with E-state index in [0.717, 1.165) is 16.7 Å². The molecular weight excluding hydrogens is 214 g/mol. The highest BCUT2D eigenvalue weighted by Gasteiger charge is 2.19. The summed E-state index contributed by atoms with van der Waals surface area (Å²) < 4.78 is 1.67. The molecule has 1 radical (unpaired) electrons. The van der Waals surface area contributed by atoms with Gasteiger partial charge < -0.3 is 4.57 Å². The zero-order chi connectivity index (χ0) is 12.4. The van der Waals surface area contributed by atoms with Crippen LogP contribution in [-0.4, -0.2) is 16.6 Å². The predicted molar refractivity (Wildman–Crippen MR) is 65.6 cm³/mol. The average Bonchev–Trinajstić information content (AvgIpc) is 2.64. The van der Waals surface area contributed by atoms with Crippen molar-refractivity contribution in [2.24, 2.45) is 7.05 Å². The number of ketones is 1. The molecule has 1 aromatic carbocycles. The summed E-state index contributed by atoms with van der Waals surface area (Å²) in [6.07, 6.45) is 3.28. The van der Waals surface area contributed by atoms with E-state index in [1.54, 1.807) is 11.6 Å². The van der Waals surface area contributed by atoms with E-state index in [4.69, 9.17) is 0 Å². The molecule has 1 heterocycles. The van der Waals surface area contributed by atoms with Gasteiger partial charge >= 0.3 is 0 Å². The van der Waals surface area contributed by atoms with Crippen LogP contribution in [0.25, 0.3) is 11.1 Å². The number of nitrogens with zero attached hydrogens (tertiary/aromatic N) is 1. The molecule has 3 heteroatoms. The second-order valence-corrected chi connectivity index (χ2v) is 3.94. The minimum atomic E-state index is -0.612. The summed E-state index contributed by atoms with van der Waals surface area (Å²) in [4.78, 5) is 22.2. The van der Waals surface area contributed by atoms with Crippen LogP contribution >= 0.6 is 0 Å². The van der Waals surface area contributed by atoms with Crippen molar-refractivity contribution >= 4 is 12.1 Å². The Labute approximate surface area is 99.7 Å². The van der Waals surface area contributed by atoms with Gasteiger partial charge in [0.05, 0.1) is 0 Å². The molecule has 0 fully saturated rings. The number of carbonyl (C=O) groups excluding carboxylic acids is 2. The lowest BCUT2D eigenvalue weighted by Gasteiger charge is -2.04. The largest absolute Gasteiger partial charge is 0.347 e. The Morgan fingerprint density at radius 1 is 1.24 bits per heavy atom. The van der Waals surface area contributed by atoms with Crippen LogP contribution in [0.1, 0.15) is 16.1 Å². The summed E-state index contributed by atoms with van der Waals surface area (Å²) in [6, 6.07) is 9.56. The molecule has 2 rings (SSSR count). The van der Waals surface area contributed by atoms with E-state index in [0.29, 0.717) is 5.69 Å². The third-order valence-electron chi connectivity index (χ3n) is 2.74. The van der Waals surface area contributed by atoms with Crippen LogP contribution in [0, 0.1) is 6.92 Å². The Kier molecular flexibility index (Phi) is 2.91. The summed E-state index contributed by atoms with van der Waals surface area (Å²) in [7, 11) is 1.75. The lowest BCUT2D eigenvalue weighted by molar-refractivity contribution is 0.105. The van der Waals surface area contributed by atoms with E-state index in [1.165, 1.54) is 6.29 Å². The van der Waals surface area contributed by atoms with Crippen LogP contribution in [-0.2, 0) is 11.8 Å². The minimum Gasteiger partial charge on any atom is -0.347 e. The fourth-order valence-corrected chi connectivity index (χ4v) is 2.07. The number of carbonyl (C=O) groups is 1. The summed E-state index contributed by atoms with van der Waals surface area (Å²) in [5.41, 5.74) is 3.10. The van der Waals surface area contributed by atoms with Gasteiger partial charge in [0.1, 0.15) is 5.69 Å². The first kappa shape index (κ1) is 11.3. The third-order valence-corrected chi connectivity index (χ3v) is 2.74. The smallest absolute Gasteiger partial charge is 0.279 e. The highest BCUT2D eigenvalue weighted by atomic mass is 16.2.